The Kier molecular flexibility index (Phi) is 9.64. The second-order valence-corrected chi connectivity index (χ2v) is 11.0. The third-order valence-corrected chi connectivity index (χ3v) is 7.77. The molecule has 0 unspecified atom stereocenters. The van der Waals surface area contributed by atoms with E-state index in [0.717, 1.165) is 10.1 Å². The Hall–Kier alpha value is -6.13. The van der Waals surface area contributed by atoms with E-state index in [4.69, 9.17) is 14.2 Å². The standard InChI is InChI=1S/C38H30N2O8/c41-34(27-15-7-2-8-16-27)40-35(42)30(22-21-26-13-5-1-6-14-26)24-39(38(40)45)33-23-31(48-37(44)29-19-11-4-12-20-29)32(47-33)25-46-36(43)28-17-9-3-10-18-28/h1-22,24,31-33H,23,25H2/b22-21+/t31-,32+,33+/m0/s1. The summed E-state index contributed by atoms with van der Waals surface area (Å²) in [7, 11) is 0. The molecule has 10 nitrogen and oxygen atoms in total. The fourth-order valence-electron chi connectivity index (χ4n) is 5.29. The summed E-state index contributed by atoms with van der Waals surface area (Å²) in [6, 6.07) is 33.9. The number of rotatable bonds is 9. The van der Waals surface area contributed by atoms with Crippen LogP contribution in [0.25, 0.3) is 12.2 Å². The van der Waals surface area contributed by atoms with Crippen molar-refractivity contribution < 1.29 is 28.6 Å². The highest BCUT2D eigenvalue weighted by Gasteiger charge is 2.41. The van der Waals surface area contributed by atoms with Crippen molar-refractivity contribution in [1.29, 1.82) is 0 Å². The van der Waals surface area contributed by atoms with Crippen molar-refractivity contribution in [3.8, 4) is 0 Å². The first-order valence-corrected chi connectivity index (χ1v) is 15.2. The van der Waals surface area contributed by atoms with Crippen LogP contribution in [0.15, 0.2) is 137 Å². The van der Waals surface area contributed by atoms with Crippen LogP contribution in [0.1, 0.15) is 54.8 Å². The molecule has 0 aliphatic carbocycles. The Morgan fingerprint density at radius 1 is 0.708 bits per heavy atom. The van der Waals surface area contributed by atoms with Crippen molar-refractivity contribution in [2.75, 3.05) is 6.61 Å². The Bertz CT molecular complexity index is 2060. The maximum atomic E-state index is 13.9. The number of esters is 2. The lowest BCUT2D eigenvalue weighted by Gasteiger charge is -2.19. The predicted molar refractivity (Wildman–Crippen MR) is 177 cm³/mol. The molecule has 1 saturated heterocycles. The first-order valence-electron chi connectivity index (χ1n) is 15.2. The zero-order valence-corrected chi connectivity index (χ0v) is 25.6. The Morgan fingerprint density at radius 2 is 1.25 bits per heavy atom. The maximum absolute atomic E-state index is 13.9. The highest BCUT2D eigenvalue weighted by atomic mass is 16.6. The van der Waals surface area contributed by atoms with Crippen molar-refractivity contribution >= 4 is 30.0 Å². The molecule has 0 saturated carbocycles. The topological polar surface area (TPSA) is 123 Å². The molecule has 10 heteroatoms. The third kappa shape index (κ3) is 7.14. The lowest BCUT2D eigenvalue weighted by atomic mass is 10.1. The van der Waals surface area contributed by atoms with Crippen molar-refractivity contribution in [1.82, 2.24) is 9.13 Å². The minimum absolute atomic E-state index is 0.0361. The van der Waals surface area contributed by atoms with Gasteiger partial charge in [0.05, 0.1) is 16.7 Å². The minimum atomic E-state index is -1.09. The van der Waals surface area contributed by atoms with Crippen molar-refractivity contribution in [3.05, 3.63) is 176 Å². The number of aromatic nitrogens is 2. The summed E-state index contributed by atoms with van der Waals surface area (Å²) in [4.78, 5) is 67.0. The van der Waals surface area contributed by atoms with Crippen LogP contribution in [0.3, 0.4) is 0 Å². The van der Waals surface area contributed by atoms with Gasteiger partial charge in [0.15, 0.2) is 0 Å². The van der Waals surface area contributed by atoms with Gasteiger partial charge in [-0.2, -0.15) is 4.57 Å². The smallest absolute Gasteiger partial charge is 0.340 e. The van der Waals surface area contributed by atoms with Crippen LogP contribution < -0.4 is 11.2 Å². The lowest BCUT2D eigenvalue weighted by molar-refractivity contribution is -0.0584. The number of hydrogen-bond donors (Lipinski definition) is 0. The Labute approximate surface area is 275 Å². The van der Waals surface area contributed by atoms with Crippen LogP contribution in [0.4, 0.5) is 0 Å². The van der Waals surface area contributed by atoms with Gasteiger partial charge in [0, 0.05) is 18.2 Å². The molecule has 0 spiro atoms. The molecule has 6 rings (SSSR count). The lowest BCUT2D eigenvalue weighted by Crippen LogP contribution is -2.45. The van der Waals surface area contributed by atoms with E-state index in [9.17, 15) is 24.0 Å². The van der Waals surface area contributed by atoms with E-state index in [1.807, 2.05) is 30.3 Å². The van der Waals surface area contributed by atoms with Gasteiger partial charge in [0.1, 0.15) is 25.0 Å². The van der Waals surface area contributed by atoms with E-state index < -0.39 is 47.5 Å². The van der Waals surface area contributed by atoms with Gasteiger partial charge in [-0.15, -0.1) is 0 Å². The summed E-state index contributed by atoms with van der Waals surface area (Å²) in [6.07, 6.45) is 1.47. The molecule has 0 radical (unpaired) electrons. The van der Waals surface area contributed by atoms with Crippen molar-refractivity contribution in [2.24, 2.45) is 0 Å². The molecule has 0 amide bonds. The molecule has 3 atom stereocenters. The SMILES string of the molecule is O=C(OC[C@H]1O[C@@H](n2cc(/C=C/c3ccccc3)c(=O)n(C(=O)c3ccccc3)c2=O)C[C@@H]1OC(=O)c1ccccc1)c1ccccc1. The average molecular weight is 643 g/mol. The van der Waals surface area contributed by atoms with Gasteiger partial charge >= 0.3 is 17.6 Å². The van der Waals surface area contributed by atoms with Gasteiger partial charge in [0.2, 0.25) is 0 Å². The molecule has 0 bridgehead atoms. The maximum Gasteiger partial charge on any atom is 0.340 e. The monoisotopic (exact) mass is 642 g/mol. The molecule has 1 aromatic heterocycles. The number of hydrogen-bond acceptors (Lipinski definition) is 8. The molecule has 240 valence electrons. The summed E-state index contributed by atoms with van der Waals surface area (Å²) in [5.41, 5.74) is -0.151. The first kappa shape index (κ1) is 31.8. The number of nitrogens with zero attached hydrogens (tertiary/aromatic N) is 2. The number of ether oxygens (including phenoxy) is 3. The fourth-order valence-corrected chi connectivity index (χ4v) is 5.29. The molecule has 2 heterocycles. The summed E-state index contributed by atoms with van der Waals surface area (Å²) in [6.45, 7) is -0.297. The number of carbonyl (C=O) groups is 3. The number of carbonyl (C=O) groups excluding carboxylic acids is 3. The van der Waals surface area contributed by atoms with Gasteiger partial charge in [-0.3, -0.25) is 14.2 Å². The fraction of sp³-hybridized carbons (Fsp3) is 0.132. The molecule has 1 aliphatic rings. The highest BCUT2D eigenvalue weighted by Crippen LogP contribution is 2.31. The van der Waals surface area contributed by atoms with Crippen LogP contribution in [0, 0.1) is 0 Å². The van der Waals surface area contributed by atoms with Crippen LogP contribution >= 0.6 is 0 Å². The second kappa shape index (κ2) is 14.5. The highest BCUT2D eigenvalue weighted by molar-refractivity contribution is 5.96. The molecular formula is C38H30N2O8. The predicted octanol–water partition coefficient (Wildman–Crippen LogP) is 5.24. The second-order valence-electron chi connectivity index (χ2n) is 11.0. The minimum Gasteiger partial charge on any atom is -0.459 e. The van der Waals surface area contributed by atoms with Gasteiger partial charge in [-0.25, -0.2) is 14.4 Å². The van der Waals surface area contributed by atoms with E-state index >= 15 is 0 Å². The van der Waals surface area contributed by atoms with Crippen LogP contribution in [-0.2, 0) is 14.2 Å². The van der Waals surface area contributed by atoms with Crippen LogP contribution in [-0.4, -0.2) is 45.8 Å². The largest absolute Gasteiger partial charge is 0.459 e. The molecule has 5 aromatic rings. The summed E-state index contributed by atoms with van der Waals surface area (Å²) in [5.74, 6) is -2.05. The van der Waals surface area contributed by atoms with Gasteiger partial charge in [-0.1, -0.05) is 91.0 Å². The normalized spacial score (nSPS) is 17.2. The van der Waals surface area contributed by atoms with E-state index in [-0.39, 0.29) is 24.2 Å². The summed E-state index contributed by atoms with van der Waals surface area (Å²) in [5, 5.41) is 0. The molecule has 4 aromatic carbocycles. The third-order valence-electron chi connectivity index (χ3n) is 7.77. The zero-order valence-electron chi connectivity index (χ0n) is 25.6. The Morgan fingerprint density at radius 3 is 1.85 bits per heavy atom. The summed E-state index contributed by atoms with van der Waals surface area (Å²) >= 11 is 0. The van der Waals surface area contributed by atoms with Crippen molar-refractivity contribution in [2.45, 2.75) is 24.9 Å². The molecule has 48 heavy (non-hydrogen) atoms. The Balaban J connectivity index is 1.36. The first-order chi connectivity index (χ1) is 23.4. The quantitative estimate of drug-likeness (QED) is 0.200. The van der Waals surface area contributed by atoms with Crippen LogP contribution in [0.2, 0.25) is 0 Å². The van der Waals surface area contributed by atoms with E-state index in [1.165, 1.54) is 24.4 Å². The van der Waals surface area contributed by atoms with Gasteiger partial charge in [-0.05, 0) is 48.0 Å². The zero-order chi connectivity index (χ0) is 33.5. The van der Waals surface area contributed by atoms with E-state index in [2.05, 4.69) is 0 Å². The van der Waals surface area contributed by atoms with Crippen LogP contribution in [0.5, 0.6) is 0 Å². The van der Waals surface area contributed by atoms with E-state index in [1.54, 1.807) is 84.9 Å². The van der Waals surface area contributed by atoms with Gasteiger partial charge < -0.3 is 14.2 Å². The number of benzene rings is 4. The molecular weight excluding hydrogens is 612 g/mol. The van der Waals surface area contributed by atoms with Gasteiger partial charge in [0.25, 0.3) is 11.5 Å². The van der Waals surface area contributed by atoms with E-state index in [0.29, 0.717) is 15.7 Å². The van der Waals surface area contributed by atoms with Crippen molar-refractivity contribution in [3.63, 3.8) is 0 Å². The molecule has 1 fully saturated rings. The average Bonchev–Trinajstić information content (AvgIpc) is 3.53. The molecule has 1 aliphatic heterocycles. The summed E-state index contributed by atoms with van der Waals surface area (Å²) < 4.78 is 19.3. The molecule has 0 N–H and O–H groups in total.